The summed E-state index contributed by atoms with van der Waals surface area (Å²) in [6.45, 7) is 5.89. The van der Waals surface area contributed by atoms with Gasteiger partial charge in [-0.3, -0.25) is 0 Å². The van der Waals surface area contributed by atoms with Crippen LogP contribution in [0.5, 0.6) is 0 Å². The van der Waals surface area contributed by atoms with Crippen molar-refractivity contribution in [1.82, 2.24) is 0 Å². The first-order chi connectivity index (χ1) is 3.18. The molecule has 7 heavy (non-hydrogen) atoms. The van der Waals surface area contributed by atoms with Gasteiger partial charge in [-0.1, -0.05) is 0 Å². The topological polar surface area (TPSA) is 4.36 Å². The number of rotatable bonds is 0. The third-order valence-electron chi connectivity index (χ3n) is 0.254. The Kier molecular flexibility index (Phi) is 2.31. The van der Waals surface area contributed by atoms with Gasteiger partial charge in [0.05, 0.1) is 6.57 Å². The minimum Gasteiger partial charge on any atom is -0.219 e. The van der Waals surface area contributed by atoms with Crippen LogP contribution in [0.2, 0.25) is 0 Å². The van der Waals surface area contributed by atoms with Crippen molar-refractivity contribution in [2.45, 2.75) is 0 Å². The van der Waals surface area contributed by atoms with Crippen molar-refractivity contribution in [3.8, 4) is 0 Å². The summed E-state index contributed by atoms with van der Waals surface area (Å²) in [4.78, 5) is 2.23. The highest BCUT2D eigenvalue weighted by Gasteiger charge is 1.97. The van der Waals surface area contributed by atoms with Crippen LogP contribution in [0.4, 0.5) is 8.78 Å². The van der Waals surface area contributed by atoms with Gasteiger partial charge < -0.3 is 0 Å². The van der Waals surface area contributed by atoms with Crippen LogP contribution in [0.15, 0.2) is 11.2 Å². The first-order valence-electron chi connectivity index (χ1n) is 1.26. The molecule has 4 heteroatoms. The molecule has 0 saturated heterocycles. The van der Waals surface area contributed by atoms with Crippen molar-refractivity contribution in [2.75, 3.05) is 0 Å². The monoisotopic (exact) mass is 123 g/mol. The average Bonchev–Trinajstić information content (AvgIpc) is 1.65. The molecular weight excluding hydrogens is 123 g/mol. The van der Waals surface area contributed by atoms with Gasteiger partial charge in [-0.15, -0.1) is 11.6 Å². The summed E-state index contributed by atoms with van der Waals surface area (Å²) in [5.74, 6) is 0. The zero-order valence-corrected chi connectivity index (χ0v) is 3.84. The third-order valence-corrected chi connectivity index (χ3v) is 0.481. The Hall–Kier alpha value is -0.620. The fourth-order valence-electron chi connectivity index (χ4n) is 0.0423. The fraction of sp³-hybridized carbons (Fsp3) is 0. The zero-order valence-electron chi connectivity index (χ0n) is 3.08. The van der Waals surface area contributed by atoms with Gasteiger partial charge in [-0.2, -0.15) is 8.78 Å². The first-order valence-corrected chi connectivity index (χ1v) is 1.64. The van der Waals surface area contributed by atoms with Crippen LogP contribution >= 0.6 is 11.6 Å². The molecule has 0 radical (unpaired) electrons. The molecule has 0 aromatic carbocycles. The van der Waals surface area contributed by atoms with E-state index in [2.05, 4.69) is 16.4 Å². The second-order valence-electron chi connectivity index (χ2n) is 0.663. The summed E-state index contributed by atoms with van der Waals surface area (Å²) < 4.78 is 21.9. The van der Waals surface area contributed by atoms with Gasteiger partial charge in [-0.25, -0.2) is 4.85 Å². The highest BCUT2D eigenvalue weighted by molar-refractivity contribution is 6.30. The molecule has 38 valence electrons. The average molecular weight is 123 g/mol. The summed E-state index contributed by atoms with van der Waals surface area (Å²) in [7, 11) is 0. The van der Waals surface area contributed by atoms with Crippen LogP contribution in [0.3, 0.4) is 0 Å². The van der Waals surface area contributed by atoms with E-state index in [9.17, 15) is 8.78 Å². The second-order valence-corrected chi connectivity index (χ2v) is 1.02. The number of halogens is 3. The molecule has 0 aromatic rings. The Morgan fingerprint density at radius 1 is 1.57 bits per heavy atom. The van der Waals surface area contributed by atoms with Crippen LogP contribution in [0.25, 0.3) is 4.85 Å². The molecule has 0 spiro atoms. The lowest BCUT2D eigenvalue weighted by atomic mass is 11.0. The van der Waals surface area contributed by atoms with Gasteiger partial charge in [0.25, 0.3) is 6.08 Å². The minimum atomic E-state index is -2.13. The van der Waals surface area contributed by atoms with Gasteiger partial charge in [-0.05, 0) is 0 Å². The Bertz CT molecular complexity index is 130. The summed E-state index contributed by atoms with van der Waals surface area (Å²) in [6, 6.07) is 0. The van der Waals surface area contributed by atoms with Crippen LogP contribution in [-0.2, 0) is 0 Å². The maximum atomic E-state index is 11.0. The van der Waals surface area contributed by atoms with Gasteiger partial charge >= 0.3 is 5.16 Å². The molecule has 0 aromatic heterocycles. The van der Waals surface area contributed by atoms with E-state index in [1.165, 1.54) is 0 Å². The van der Waals surface area contributed by atoms with Gasteiger partial charge in [0.1, 0.15) is 0 Å². The van der Waals surface area contributed by atoms with Crippen molar-refractivity contribution in [1.29, 1.82) is 0 Å². The smallest absolute Gasteiger partial charge is 0.219 e. The first kappa shape index (κ1) is 6.38. The van der Waals surface area contributed by atoms with Crippen molar-refractivity contribution in [2.24, 2.45) is 0 Å². The zero-order chi connectivity index (χ0) is 5.86. The molecular formula is C3ClF2N. The van der Waals surface area contributed by atoms with Crippen molar-refractivity contribution in [3.05, 3.63) is 22.7 Å². The molecule has 1 nitrogen and oxygen atoms in total. The molecule has 0 aliphatic heterocycles. The lowest BCUT2D eigenvalue weighted by Crippen LogP contribution is -1.57. The van der Waals surface area contributed by atoms with E-state index < -0.39 is 11.2 Å². The van der Waals surface area contributed by atoms with Crippen LogP contribution in [-0.4, -0.2) is 0 Å². The van der Waals surface area contributed by atoms with Gasteiger partial charge in [0.2, 0.25) is 0 Å². The summed E-state index contributed by atoms with van der Waals surface area (Å²) in [5, 5.41) is -1.06. The SMILES string of the molecule is [C-]#[N+]C(Cl)=C(F)F. The van der Waals surface area contributed by atoms with E-state index in [0.717, 1.165) is 0 Å². The summed E-state index contributed by atoms with van der Waals surface area (Å²) >= 11 is 4.58. The van der Waals surface area contributed by atoms with Crippen molar-refractivity contribution in [3.63, 3.8) is 0 Å². The molecule has 0 fully saturated rings. The van der Waals surface area contributed by atoms with Gasteiger partial charge in [0.15, 0.2) is 0 Å². The Balaban J connectivity index is 4.07. The number of hydrogen-bond donors (Lipinski definition) is 0. The van der Waals surface area contributed by atoms with E-state index in [-0.39, 0.29) is 0 Å². The lowest BCUT2D eigenvalue weighted by Gasteiger charge is -1.73. The van der Waals surface area contributed by atoms with E-state index in [1.54, 1.807) is 0 Å². The predicted octanol–water partition coefficient (Wildman–Crippen LogP) is 2.21. The maximum Gasteiger partial charge on any atom is 0.316 e. The van der Waals surface area contributed by atoms with Crippen LogP contribution in [0.1, 0.15) is 0 Å². The second kappa shape index (κ2) is 2.54. The fourth-order valence-corrected chi connectivity index (χ4v) is 0.0423. The Morgan fingerprint density at radius 2 is 2.00 bits per heavy atom. The molecule has 0 amide bonds. The molecule has 0 saturated carbocycles. The van der Waals surface area contributed by atoms with E-state index in [4.69, 9.17) is 6.57 Å². The molecule has 0 rings (SSSR count). The predicted molar refractivity (Wildman–Crippen MR) is 21.7 cm³/mol. The largest absolute Gasteiger partial charge is 0.316 e. The quantitative estimate of drug-likeness (QED) is 0.344. The summed E-state index contributed by atoms with van der Waals surface area (Å²) in [5.41, 5.74) is 0. The Labute approximate surface area is 44.0 Å². The number of hydrogen-bond acceptors (Lipinski definition) is 0. The maximum absolute atomic E-state index is 11.0. The standard InChI is InChI=1S/C3ClF2N/c1-7-2(4)3(5)6. The molecule has 0 bridgehead atoms. The molecule has 0 N–H and O–H groups in total. The molecule has 0 aliphatic carbocycles. The lowest BCUT2D eigenvalue weighted by molar-refractivity contribution is 0.419. The summed E-state index contributed by atoms with van der Waals surface area (Å²) in [6.07, 6.45) is -2.13. The van der Waals surface area contributed by atoms with Crippen molar-refractivity contribution < 1.29 is 8.78 Å². The molecule has 0 atom stereocenters. The van der Waals surface area contributed by atoms with Crippen LogP contribution in [0, 0.1) is 6.57 Å². The highest BCUT2D eigenvalue weighted by atomic mass is 35.5. The minimum absolute atomic E-state index is 1.06. The van der Waals surface area contributed by atoms with Crippen LogP contribution < -0.4 is 0 Å². The van der Waals surface area contributed by atoms with E-state index in [1.807, 2.05) is 0 Å². The van der Waals surface area contributed by atoms with E-state index in [0.29, 0.717) is 0 Å². The Morgan fingerprint density at radius 3 is 2.00 bits per heavy atom. The third kappa shape index (κ3) is 2.12. The molecule has 0 unspecified atom stereocenters. The van der Waals surface area contributed by atoms with Crippen molar-refractivity contribution >= 4 is 11.6 Å². The number of nitrogens with zero attached hydrogens (tertiary/aromatic N) is 1. The molecule has 0 aliphatic rings. The highest BCUT2D eigenvalue weighted by Crippen LogP contribution is 2.11. The molecule has 0 heterocycles. The van der Waals surface area contributed by atoms with E-state index >= 15 is 0 Å². The van der Waals surface area contributed by atoms with Gasteiger partial charge in [0, 0.05) is 0 Å². The normalized spacial score (nSPS) is 7.14.